The van der Waals surface area contributed by atoms with E-state index in [1.54, 1.807) is 0 Å². The van der Waals surface area contributed by atoms with Crippen LogP contribution in [0.2, 0.25) is 0 Å². The Morgan fingerprint density at radius 1 is 1.12 bits per heavy atom. The van der Waals surface area contributed by atoms with Crippen LogP contribution in [0.5, 0.6) is 0 Å². The highest BCUT2D eigenvalue weighted by Crippen LogP contribution is 2.23. The summed E-state index contributed by atoms with van der Waals surface area (Å²) in [5, 5.41) is 2.07. The molecule has 0 saturated heterocycles. The van der Waals surface area contributed by atoms with Crippen LogP contribution in [-0.4, -0.2) is 30.6 Å². The number of hydrogen-bond donors (Lipinski definition) is 2. The number of imide groups is 1. The molecule has 1 aromatic carbocycles. The van der Waals surface area contributed by atoms with Gasteiger partial charge in [0.05, 0.1) is 27.5 Å². The zero-order chi connectivity index (χ0) is 18.4. The summed E-state index contributed by atoms with van der Waals surface area (Å²) in [4.78, 5) is 35.8. The number of benzene rings is 1. The van der Waals surface area contributed by atoms with E-state index in [9.17, 15) is 22.8 Å². The first-order valence-electron chi connectivity index (χ1n) is 7.11. The van der Waals surface area contributed by atoms with E-state index in [-0.39, 0.29) is 33.3 Å². The van der Waals surface area contributed by atoms with Crippen molar-refractivity contribution in [3.63, 3.8) is 0 Å². The number of pyridine rings is 1. The van der Waals surface area contributed by atoms with Gasteiger partial charge >= 0.3 is 0 Å². The van der Waals surface area contributed by atoms with Crippen LogP contribution in [0.4, 0.5) is 5.82 Å². The van der Waals surface area contributed by atoms with Crippen molar-refractivity contribution in [2.75, 3.05) is 11.5 Å². The van der Waals surface area contributed by atoms with Gasteiger partial charge in [0.1, 0.15) is 5.82 Å². The van der Waals surface area contributed by atoms with Crippen molar-refractivity contribution < 1.29 is 18.0 Å². The van der Waals surface area contributed by atoms with Gasteiger partial charge in [-0.3, -0.25) is 24.3 Å². The fraction of sp³-hybridized carbons (Fsp3) is 0.0625. The van der Waals surface area contributed by atoms with Crippen molar-refractivity contribution in [2.24, 2.45) is 0 Å². The molecule has 3 rings (SSSR count). The van der Waals surface area contributed by atoms with Crippen LogP contribution >= 0.6 is 0 Å². The summed E-state index contributed by atoms with van der Waals surface area (Å²) in [6, 6.07) is 6.48. The molecule has 0 saturated carbocycles. The molecule has 0 spiro atoms. The van der Waals surface area contributed by atoms with Crippen LogP contribution in [0, 0.1) is 0 Å². The maximum Gasteiger partial charge on any atom is 0.262 e. The molecule has 128 valence electrons. The van der Waals surface area contributed by atoms with Crippen molar-refractivity contribution in [1.82, 2.24) is 9.88 Å². The second kappa shape index (κ2) is 5.71. The van der Waals surface area contributed by atoms with Gasteiger partial charge in [0.25, 0.3) is 17.4 Å². The highest BCUT2D eigenvalue weighted by Gasteiger charge is 2.31. The zero-order valence-electron chi connectivity index (χ0n) is 12.9. The number of fused-ring (bicyclic) bond motifs is 1. The number of carbonyl (C=O) groups is 2. The Hall–Kier alpha value is -3.20. The van der Waals surface area contributed by atoms with Crippen molar-refractivity contribution in [3.8, 4) is 5.69 Å². The molecule has 1 aliphatic rings. The lowest BCUT2D eigenvalue weighted by molar-refractivity contribution is 0.0880. The van der Waals surface area contributed by atoms with Gasteiger partial charge in [-0.2, -0.15) is 0 Å². The Kier molecular flexibility index (Phi) is 3.80. The normalized spacial score (nSPS) is 13.4. The van der Waals surface area contributed by atoms with Gasteiger partial charge in [0.15, 0.2) is 9.84 Å². The summed E-state index contributed by atoms with van der Waals surface area (Å²) >= 11 is 0. The molecular formula is C16H13N3O5S. The molecule has 2 aromatic rings. The molecule has 3 N–H and O–H groups in total. The van der Waals surface area contributed by atoms with Crippen molar-refractivity contribution in [1.29, 1.82) is 0 Å². The number of nitrogens with two attached hydrogens (primary N) is 1. The summed E-state index contributed by atoms with van der Waals surface area (Å²) < 4.78 is 25.0. The summed E-state index contributed by atoms with van der Waals surface area (Å²) in [5.74, 6) is -1.76. The number of hydrogen-bond acceptors (Lipinski definition) is 6. The van der Waals surface area contributed by atoms with Crippen molar-refractivity contribution in [3.05, 3.63) is 64.5 Å². The van der Waals surface area contributed by atoms with E-state index < -0.39 is 27.2 Å². The van der Waals surface area contributed by atoms with Gasteiger partial charge in [-0.25, -0.2) is 8.42 Å². The number of nitrogens with one attached hydrogen (secondary N) is 1. The van der Waals surface area contributed by atoms with E-state index in [1.165, 1.54) is 30.3 Å². The fourth-order valence-corrected chi connectivity index (χ4v) is 3.65. The van der Waals surface area contributed by atoms with E-state index in [2.05, 4.69) is 11.9 Å². The molecule has 1 aromatic heterocycles. The number of nitrogens with zero attached hydrogens (tertiary/aromatic N) is 1. The van der Waals surface area contributed by atoms with Gasteiger partial charge in [-0.05, 0) is 24.3 Å². The second-order valence-electron chi connectivity index (χ2n) is 5.34. The molecule has 0 atom stereocenters. The number of amides is 2. The van der Waals surface area contributed by atoms with Crippen molar-refractivity contribution in [2.45, 2.75) is 4.90 Å². The van der Waals surface area contributed by atoms with Crippen molar-refractivity contribution >= 4 is 27.5 Å². The molecule has 1 aliphatic heterocycles. The standard InChI is InChI=1S/C16H13N3O5S/c1-2-7-25(23,24)10-5-3-9(4-6-10)19-12(20)8-11-13(14(19)17)16(22)18-15(11)21/h2-6,8H,1,7,17H2,(H,18,21,22). The predicted octanol–water partition coefficient (Wildman–Crippen LogP) is 0.263. The number of carbonyl (C=O) groups excluding carboxylic acids is 2. The quantitative estimate of drug-likeness (QED) is 0.595. The molecule has 2 heterocycles. The maximum atomic E-state index is 12.3. The predicted molar refractivity (Wildman–Crippen MR) is 90.5 cm³/mol. The highest BCUT2D eigenvalue weighted by atomic mass is 32.2. The van der Waals surface area contributed by atoms with Gasteiger partial charge in [-0.15, -0.1) is 6.58 Å². The third kappa shape index (κ3) is 2.64. The number of nitrogen functional groups attached to an aromatic ring is 1. The average molecular weight is 359 g/mol. The molecular weight excluding hydrogens is 346 g/mol. The van der Waals surface area contributed by atoms with Crippen LogP contribution in [0.3, 0.4) is 0 Å². The Balaban J connectivity index is 2.14. The van der Waals surface area contributed by atoms with E-state index in [4.69, 9.17) is 5.73 Å². The first-order valence-corrected chi connectivity index (χ1v) is 8.77. The molecule has 8 nitrogen and oxygen atoms in total. The Morgan fingerprint density at radius 2 is 1.76 bits per heavy atom. The molecule has 0 aliphatic carbocycles. The van der Waals surface area contributed by atoms with E-state index in [1.807, 2.05) is 0 Å². The van der Waals surface area contributed by atoms with Crippen LogP contribution < -0.4 is 16.6 Å². The minimum absolute atomic E-state index is 0.0665. The van der Waals surface area contributed by atoms with E-state index in [0.717, 1.165) is 10.6 Å². The molecule has 2 amide bonds. The zero-order valence-corrected chi connectivity index (χ0v) is 13.7. The Morgan fingerprint density at radius 3 is 2.36 bits per heavy atom. The average Bonchev–Trinajstić information content (AvgIpc) is 2.82. The summed E-state index contributed by atoms with van der Waals surface area (Å²) in [6.07, 6.45) is 1.28. The first kappa shape index (κ1) is 16.7. The highest BCUT2D eigenvalue weighted by molar-refractivity contribution is 7.91. The molecule has 9 heteroatoms. The van der Waals surface area contributed by atoms with E-state index >= 15 is 0 Å². The minimum Gasteiger partial charge on any atom is -0.384 e. The number of rotatable bonds is 4. The largest absolute Gasteiger partial charge is 0.384 e. The smallest absolute Gasteiger partial charge is 0.262 e. The fourth-order valence-electron chi connectivity index (χ4n) is 2.60. The SMILES string of the molecule is C=CCS(=O)(=O)c1ccc(-n2c(N)c3c(cc2=O)C(=O)NC3=O)cc1. The molecule has 0 unspecified atom stereocenters. The lowest BCUT2D eigenvalue weighted by atomic mass is 10.1. The summed E-state index contributed by atoms with van der Waals surface area (Å²) in [5.41, 5.74) is 5.42. The summed E-state index contributed by atoms with van der Waals surface area (Å²) in [6.45, 7) is 3.40. The maximum absolute atomic E-state index is 12.3. The van der Waals surface area contributed by atoms with E-state index in [0.29, 0.717) is 0 Å². The van der Waals surface area contributed by atoms with Crippen LogP contribution in [0.25, 0.3) is 5.69 Å². The Bertz CT molecular complexity index is 1080. The molecule has 0 bridgehead atoms. The van der Waals surface area contributed by atoms with Gasteiger partial charge < -0.3 is 5.73 Å². The lowest BCUT2D eigenvalue weighted by Crippen LogP contribution is -2.24. The minimum atomic E-state index is -3.50. The molecule has 0 radical (unpaired) electrons. The lowest BCUT2D eigenvalue weighted by Gasteiger charge is -2.12. The third-order valence-electron chi connectivity index (χ3n) is 3.74. The number of anilines is 1. The molecule has 0 fully saturated rings. The first-order chi connectivity index (χ1) is 11.8. The van der Waals surface area contributed by atoms with Gasteiger partial charge in [0.2, 0.25) is 0 Å². The van der Waals surface area contributed by atoms with Gasteiger partial charge in [0, 0.05) is 6.07 Å². The monoisotopic (exact) mass is 359 g/mol. The molecule has 25 heavy (non-hydrogen) atoms. The number of aromatic nitrogens is 1. The number of sulfone groups is 1. The Labute approximate surface area is 142 Å². The second-order valence-corrected chi connectivity index (χ2v) is 7.37. The summed E-state index contributed by atoms with van der Waals surface area (Å²) in [7, 11) is -3.50. The van der Waals surface area contributed by atoms with Crippen LogP contribution in [0.1, 0.15) is 20.7 Å². The third-order valence-corrected chi connectivity index (χ3v) is 5.41. The van der Waals surface area contributed by atoms with Crippen LogP contribution in [0.15, 0.2) is 52.7 Å². The van der Waals surface area contributed by atoms with Gasteiger partial charge in [-0.1, -0.05) is 6.08 Å². The van der Waals surface area contributed by atoms with Crippen LogP contribution in [-0.2, 0) is 9.84 Å². The topological polar surface area (TPSA) is 128 Å².